The van der Waals surface area contributed by atoms with E-state index in [2.05, 4.69) is 0 Å². The Balaban J connectivity index is 2.32. The van der Waals surface area contributed by atoms with Crippen molar-refractivity contribution in [3.05, 3.63) is 103 Å². The number of nitro benzene ring substituents is 3. The minimum absolute atomic E-state index is 0.176. The Morgan fingerprint density at radius 2 is 0.862 bits per heavy atom. The molecule has 0 radical (unpaired) electrons. The summed E-state index contributed by atoms with van der Waals surface area (Å²) < 4.78 is 8.31. The van der Waals surface area contributed by atoms with Crippen molar-refractivity contribution in [2.24, 2.45) is 3.96 Å². The predicted octanol–water partition coefficient (Wildman–Crippen LogP) is 1.34. The molecule has 0 heterocycles. The normalized spacial score (nSPS) is 11.1. The number of nitrogens with two attached hydrogens (primary N) is 1. The number of nitrogens with zero attached hydrogens (tertiary/aromatic N) is 3. The zero-order chi connectivity index (χ0) is 21.2. The Bertz CT molecular complexity index is 997. The fraction of sp³-hybridized carbons (Fsp3) is 0. The number of rotatable bonds is 6. The summed E-state index contributed by atoms with van der Waals surface area (Å²) in [6, 6.07) is 17.3. The molecule has 29 heavy (non-hydrogen) atoms. The van der Waals surface area contributed by atoms with E-state index in [1.165, 1.54) is 54.6 Å². The molecular formula is C18H14N4O6Sn. The van der Waals surface area contributed by atoms with Gasteiger partial charge in [-0.25, -0.2) is 0 Å². The topological polar surface area (TPSA) is 155 Å². The molecule has 0 spiro atoms. The number of non-ortho nitro benzene ring substituents is 3. The second kappa shape index (κ2) is 7.93. The Kier molecular flexibility index (Phi) is 5.57. The maximum atomic E-state index is 11.2. The molecule has 0 fully saturated rings. The van der Waals surface area contributed by atoms with Crippen molar-refractivity contribution >= 4 is 46.5 Å². The first kappa shape index (κ1) is 20.4. The van der Waals surface area contributed by atoms with Gasteiger partial charge < -0.3 is 0 Å². The van der Waals surface area contributed by atoms with Gasteiger partial charge in [-0.1, -0.05) is 0 Å². The van der Waals surface area contributed by atoms with Gasteiger partial charge in [-0.2, -0.15) is 0 Å². The van der Waals surface area contributed by atoms with Gasteiger partial charge >= 0.3 is 168 Å². The van der Waals surface area contributed by atoms with Crippen LogP contribution in [0.15, 0.2) is 72.8 Å². The van der Waals surface area contributed by atoms with Gasteiger partial charge in [-0.05, 0) is 0 Å². The minimum atomic E-state index is -4.50. The van der Waals surface area contributed by atoms with Gasteiger partial charge in [0.1, 0.15) is 0 Å². The van der Waals surface area contributed by atoms with Crippen LogP contribution in [0.3, 0.4) is 0 Å². The summed E-state index contributed by atoms with van der Waals surface area (Å²) in [4.78, 5) is 32.1. The predicted molar refractivity (Wildman–Crippen MR) is 108 cm³/mol. The molecular weight excluding hydrogens is 487 g/mol. The molecule has 0 amide bonds. The van der Waals surface area contributed by atoms with Gasteiger partial charge in [0.15, 0.2) is 0 Å². The van der Waals surface area contributed by atoms with Gasteiger partial charge in [0, 0.05) is 0 Å². The van der Waals surface area contributed by atoms with Gasteiger partial charge in [0.25, 0.3) is 0 Å². The molecule has 11 heteroatoms. The van der Waals surface area contributed by atoms with Crippen molar-refractivity contribution in [2.75, 3.05) is 0 Å². The van der Waals surface area contributed by atoms with Crippen LogP contribution in [-0.2, 0) is 0 Å². The van der Waals surface area contributed by atoms with E-state index in [-0.39, 0.29) is 17.1 Å². The number of hydrogen-bond donors (Lipinski definition) is 1. The molecule has 0 aromatic heterocycles. The average molecular weight is 501 g/mol. The summed E-state index contributed by atoms with van der Waals surface area (Å²) in [5, 5.41) is 33.7. The van der Waals surface area contributed by atoms with Crippen LogP contribution >= 0.6 is 0 Å². The Morgan fingerprint density at radius 1 is 0.586 bits per heavy atom. The van der Waals surface area contributed by atoms with Gasteiger partial charge in [-0.15, -0.1) is 0 Å². The second-order valence-corrected chi connectivity index (χ2v) is 15.8. The summed E-state index contributed by atoms with van der Waals surface area (Å²) in [5.74, 6) is 0. The maximum absolute atomic E-state index is 11.2. The Hall–Kier alpha value is -3.38. The summed E-state index contributed by atoms with van der Waals surface area (Å²) in [5.41, 5.74) is -0.528. The second-order valence-electron chi connectivity index (χ2n) is 6.23. The standard InChI is InChI=1S/3C6H4NO2.H2N.Sn/c3*8-7(9)6-4-2-1-3-5-6;;/h3*1-2,4-5H;1H2;/q;;;-1;+1. The molecule has 2 N–H and O–H groups in total. The van der Waals surface area contributed by atoms with Crippen molar-refractivity contribution in [3.63, 3.8) is 0 Å². The van der Waals surface area contributed by atoms with Gasteiger partial charge in [0.2, 0.25) is 0 Å². The first-order valence-corrected chi connectivity index (χ1v) is 14.2. The number of hydrogen-bond acceptors (Lipinski definition) is 7. The fourth-order valence-electron chi connectivity index (χ4n) is 3.09. The molecule has 0 unspecified atom stereocenters. The van der Waals surface area contributed by atoms with Crippen molar-refractivity contribution < 1.29 is 14.8 Å². The van der Waals surface area contributed by atoms with Gasteiger partial charge in [0.05, 0.1) is 0 Å². The molecule has 0 bridgehead atoms. The first-order valence-electron chi connectivity index (χ1n) is 8.27. The molecule has 0 saturated carbocycles. The molecule has 0 aliphatic carbocycles. The van der Waals surface area contributed by atoms with E-state index in [0.717, 1.165) is 0 Å². The van der Waals surface area contributed by atoms with E-state index in [1.807, 2.05) is 0 Å². The van der Waals surface area contributed by atoms with E-state index >= 15 is 0 Å². The third-order valence-corrected chi connectivity index (χ3v) is 15.0. The van der Waals surface area contributed by atoms with E-state index in [9.17, 15) is 30.3 Å². The molecule has 146 valence electrons. The van der Waals surface area contributed by atoms with E-state index in [0.29, 0.717) is 10.7 Å². The number of nitro groups is 3. The fourth-order valence-corrected chi connectivity index (χ4v) is 12.2. The van der Waals surface area contributed by atoms with Crippen molar-refractivity contribution in [2.45, 2.75) is 0 Å². The third kappa shape index (κ3) is 3.93. The van der Waals surface area contributed by atoms with E-state index in [4.69, 9.17) is 3.96 Å². The van der Waals surface area contributed by atoms with Crippen molar-refractivity contribution in [1.82, 2.24) is 0 Å². The zero-order valence-corrected chi connectivity index (χ0v) is 17.7. The van der Waals surface area contributed by atoms with Crippen LogP contribution in [0.25, 0.3) is 0 Å². The quantitative estimate of drug-likeness (QED) is 0.304. The molecule has 0 aliphatic heterocycles. The average Bonchev–Trinajstić information content (AvgIpc) is 2.73. The molecule has 0 saturated heterocycles. The third-order valence-electron chi connectivity index (χ3n) is 4.54. The van der Waals surface area contributed by atoms with E-state index in [1.54, 1.807) is 18.2 Å². The summed E-state index contributed by atoms with van der Waals surface area (Å²) >= 11 is -4.50. The first-order chi connectivity index (χ1) is 13.7. The molecule has 0 atom stereocenters. The van der Waals surface area contributed by atoms with Crippen LogP contribution < -0.4 is 14.7 Å². The van der Waals surface area contributed by atoms with Crippen LogP contribution in [0.5, 0.6) is 0 Å². The molecule has 3 aromatic carbocycles. The van der Waals surface area contributed by atoms with Crippen molar-refractivity contribution in [1.29, 1.82) is 0 Å². The molecule has 0 aliphatic rings. The van der Waals surface area contributed by atoms with Crippen LogP contribution in [0.4, 0.5) is 17.1 Å². The molecule has 3 aromatic rings. The molecule has 3 rings (SSSR count). The Morgan fingerprint density at radius 3 is 1.10 bits per heavy atom. The van der Waals surface area contributed by atoms with E-state index < -0.39 is 33.4 Å². The number of benzene rings is 3. The van der Waals surface area contributed by atoms with Crippen LogP contribution in [0.1, 0.15) is 0 Å². The van der Waals surface area contributed by atoms with Crippen LogP contribution in [-0.4, -0.2) is 33.4 Å². The Labute approximate surface area is 168 Å². The zero-order valence-electron chi connectivity index (χ0n) is 14.8. The molecule has 10 nitrogen and oxygen atoms in total. The van der Waals surface area contributed by atoms with Crippen LogP contribution in [0.2, 0.25) is 0 Å². The summed E-state index contributed by atoms with van der Waals surface area (Å²) in [7, 11) is 0. The van der Waals surface area contributed by atoms with Crippen LogP contribution in [0, 0.1) is 30.3 Å². The summed E-state index contributed by atoms with van der Waals surface area (Å²) in [6.45, 7) is 0. The monoisotopic (exact) mass is 502 g/mol. The van der Waals surface area contributed by atoms with Gasteiger partial charge in [-0.3, -0.25) is 0 Å². The van der Waals surface area contributed by atoms with Crippen molar-refractivity contribution in [3.8, 4) is 0 Å². The summed E-state index contributed by atoms with van der Waals surface area (Å²) in [6.07, 6.45) is 0. The SMILES string of the molecule is [NH2][Sn]([c]1cccc([N+](=O)[O-])c1)([c]1cccc([N+](=O)[O-])c1)[c]1cccc([N+](=O)[O-])c1.